The van der Waals surface area contributed by atoms with Crippen LogP contribution >= 0.6 is 11.6 Å². The highest BCUT2D eigenvalue weighted by Crippen LogP contribution is 2.34. The molecule has 2 amide bonds. The van der Waals surface area contributed by atoms with Crippen LogP contribution in [-0.2, 0) is 9.59 Å². The first-order chi connectivity index (χ1) is 9.59. The lowest BCUT2D eigenvalue weighted by Gasteiger charge is -2.24. The smallest absolute Gasteiger partial charge is 0.249 e. The zero-order valence-corrected chi connectivity index (χ0v) is 12.1. The molecule has 1 saturated heterocycles. The normalized spacial score (nSPS) is 22.2. The third-order valence-corrected chi connectivity index (χ3v) is 4.38. The summed E-state index contributed by atoms with van der Waals surface area (Å²) < 4.78 is 0. The molecule has 1 heterocycles. The van der Waals surface area contributed by atoms with E-state index in [1.807, 2.05) is 18.2 Å². The van der Waals surface area contributed by atoms with E-state index in [1.54, 1.807) is 22.9 Å². The van der Waals surface area contributed by atoms with Crippen LogP contribution in [0.15, 0.2) is 24.3 Å². The van der Waals surface area contributed by atoms with Crippen molar-refractivity contribution in [2.24, 2.45) is 5.92 Å². The van der Waals surface area contributed by atoms with Crippen molar-refractivity contribution in [1.29, 1.82) is 0 Å². The van der Waals surface area contributed by atoms with Gasteiger partial charge in [0.2, 0.25) is 11.8 Å². The number of amides is 2. The maximum absolute atomic E-state index is 12.5. The Hall–Kier alpha value is -1.55. The molecular formula is C15H17ClN2O2. The Kier molecular flexibility index (Phi) is 3.42. The molecule has 0 aromatic heterocycles. The number of benzene rings is 1. The van der Waals surface area contributed by atoms with Gasteiger partial charge in [0.1, 0.15) is 6.04 Å². The van der Waals surface area contributed by atoms with Crippen LogP contribution in [0.5, 0.6) is 0 Å². The number of hydrogen-bond donors (Lipinski definition) is 0. The second-order valence-corrected chi connectivity index (χ2v) is 5.88. The number of para-hydroxylation sites is 1. The zero-order chi connectivity index (χ0) is 14.3. The molecule has 0 unspecified atom stereocenters. The van der Waals surface area contributed by atoms with Crippen molar-refractivity contribution >= 4 is 29.1 Å². The zero-order valence-electron chi connectivity index (χ0n) is 11.4. The Bertz CT molecular complexity index is 557. The highest BCUT2D eigenvalue weighted by Gasteiger charge is 2.41. The highest BCUT2D eigenvalue weighted by atomic mass is 35.5. The Morgan fingerprint density at radius 2 is 2.00 bits per heavy atom. The number of hydrogen-bond acceptors (Lipinski definition) is 2. The van der Waals surface area contributed by atoms with Gasteiger partial charge < -0.3 is 9.80 Å². The first-order valence-electron chi connectivity index (χ1n) is 6.92. The fourth-order valence-corrected chi connectivity index (χ4v) is 2.94. The molecule has 1 saturated carbocycles. The summed E-state index contributed by atoms with van der Waals surface area (Å²) in [6.45, 7) is 0.607. The lowest BCUT2D eigenvalue weighted by atomic mass is 10.2. The van der Waals surface area contributed by atoms with Crippen LogP contribution in [0.2, 0.25) is 5.02 Å². The van der Waals surface area contributed by atoms with E-state index in [2.05, 4.69) is 0 Å². The van der Waals surface area contributed by atoms with Gasteiger partial charge in [0.25, 0.3) is 0 Å². The van der Waals surface area contributed by atoms with E-state index in [4.69, 9.17) is 11.6 Å². The van der Waals surface area contributed by atoms with Gasteiger partial charge in [-0.2, -0.15) is 0 Å². The summed E-state index contributed by atoms with van der Waals surface area (Å²) in [6.07, 6.45) is 2.58. The SMILES string of the molecule is CN(C(=O)C1CC1)[C@@H]1CCN(c2ccccc2Cl)C1=O. The van der Waals surface area contributed by atoms with E-state index in [0.717, 1.165) is 18.5 Å². The van der Waals surface area contributed by atoms with Gasteiger partial charge in [0, 0.05) is 19.5 Å². The van der Waals surface area contributed by atoms with Crippen LogP contribution in [0, 0.1) is 5.92 Å². The van der Waals surface area contributed by atoms with E-state index >= 15 is 0 Å². The summed E-state index contributed by atoms with van der Waals surface area (Å²) in [6, 6.07) is 6.97. The van der Waals surface area contributed by atoms with Crippen molar-refractivity contribution in [3.05, 3.63) is 29.3 Å². The van der Waals surface area contributed by atoms with Crippen molar-refractivity contribution in [2.45, 2.75) is 25.3 Å². The van der Waals surface area contributed by atoms with Crippen molar-refractivity contribution in [3.8, 4) is 0 Å². The van der Waals surface area contributed by atoms with Gasteiger partial charge in [0.15, 0.2) is 0 Å². The summed E-state index contributed by atoms with van der Waals surface area (Å²) in [7, 11) is 1.74. The first-order valence-corrected chi connectivity index (χ1v) is 7.30. The number of likely N-dealkylation sites (N-methyl/N-ethyl adjacent to an activating group) is 1. The standard InChI is InChI=1S/C15H17ClN2O2/c1-17(14(19)10-6-7-10)13-8-9-18(15(13)20)12-5-3-2-4-11(12)16/h2-5,10,13H,6-9H2,1H3/t13-/m1/s1. The molecule has 0 radical (unpaired) electrons. The molecule has 0 bridgehead atoms. The molecule has 106 valence electrons. The minimum absolute atomic E-state index is 0.0328. The molecule has 2 fully saturated rings. The van der Waals surface area contributed by atoms with Crippen molar-refractivity contribution in [1.82, 2.24) is 4.90 Å². The van der Waals surface area contributed by atoms with Gasteiger partial charge in [-0.15, -0.1) is 0 Å². The van der Waals surface area contributed by atoms with E-state index in [9.17, 15) is 9.59 Å². The summed E-state index contributed by atoms with van der Waals surface area (Å²) in [5.74, 6) is 0.209. The fourth-order valence-electron chi connectivity index (χ4n) is 2.71. The summed E-state index contributed by atoms with van der Waals surface area (Å²) in [5.41, 5.74) is 0.730. The van der Waals surface area contributed by atoms with Crippen LogP contribution in [0.4, 0.5) is 5.69 Å². The molecule has 0 spiro atoms. The molecular weight excluding hydrogens is 276 g/mol. The van der Waals surface area contributed by atoms with E-state index < -0.39 is 0 Å². The lowest BCUT2D eigenvalue weighted by Crippen LogP contribution is -2.43. The minimum atomic E-state index is -0.348. The van der Waals surface area contributed by atoms with E-state index in [-0.39, 0.29) is 23.8 Å². The monoisotopic (exact) mass is 292 g/mol. The van der Waals surface area contributed by atoms with Crippen molar-refractivity contribution in [2.75, 3.05) is 18.5 Å². The average molecular weight is 293 g/mol. The maximum Gasteiger partial charge on any atom is 0.249 e. The van der Waals surface area contributed by atoms with E-state index in [0.29, 0.717) is 18.0 Å². The summed E-state index contributed by atoms with van der Waals surface area (Å²) in [4.78, 5) is 27.9. The van der Waals surface area contributed by atoms with Crippen LogP contribution in [-0.4, -0.2) is 36.3 Å². The number of carbonyl (C=O) groups is 2. The molecule has 1 aliphatic heterocycles. The molecule has 1 aliphatic carbocycles. The fraction of sp³-hybridized carbons (Fsp3) is 0.467. The van der Waals surface area contributed by atoms with Gasteiger partial charge in [-0.3, -0.25) is 9.59 Å². The Labute approximate surface area is 123 Å². The third kappa shape index (κ3) is 2.29. The van der Waals surface area contributed by atoms with Crippen molar-refractivity contribution in [3.63, 3.8) is 0 Å². The minimum Gasteiger partial charge on any atom is -0.333 e. The lowest BCUT2D eigenvalue weighted by molar-refractivity contribution is -0.137. The number of halogens is 1. The van der Waals surface area contributed by atoms with Crippen LogP contribution in [0.25, 0.3) is 0 Å². The van der Waals surface area contributed by atoms with Gasteiger partial charge in [-0.05, 0) is 31.4 Å². The predicted molar refractivity (Wildman–Crippen MR) is 77.7 cm³/mol. The highest BCUT2D eigenvalue weighted by molar-refractivity contribution is 6.34. The molecule has 0 N–H and O–H groups in total. The van der Waals surface area contributed by atoms with Crippen LogP contribution < -0.4 is 4.90 Å². The average Bonchev–Trinajstić information content (AvgIpc) is 3.22. The van der Waals surface area contributed by atoms with Crippen LogP contribution in [0.3, 0.4) is 0 Å². The second-order valence-electron chi connectivity index (χ2n) is 5.47. The molecule has 4 nitrogen and oxygen atoms in total. The van der Waals surface area contributed by atoms with Gasteiger partial charge >= 0.3 is 0 Å². The largest absolute Gasteiger partial charge is 0.333 e. The van der Waals surface area contributed by atoms with Gasteiger partial charge in [0.05, 0.1) is 10.7 Å². The number of carbonyl (C=O) groups excluding carboxylic acids is 2. The predicted octanol–water partition coefficient (Wildman–Crippen LogP) is 2.31. The molecule has 1 atom stereocenters. The molecule has 20 heavy (non-hydrogen) atoms. The summed E-state index contributed by atoms with van der Waals surface area (Å²) in [5, 5.41) is 0.567. The number of nitrogens with zero attached hydrogens (tertiary/aromatic N) is 2. The van der Waals surface area contributed by atoms with Crippen molar-refractivity contribution < 1.29 is 9.59 Å². The maximum atomic E-state index is 12.5. The number of anilines is 1. The molecule has 1 aromatic carbocycles. The number of rotatable bonds is 3. The Morgan fingerprint density at radius 3 is 2.65 bits per heavy atom. The van der Waals surface area contributed by atoms with Gasteiger partial charge in [-0.1, -0.05) is 23.7 Å². The molecule has 3 rings (SSSR count). The Morgan fingerprint density at radius 1 is 1.30 bits per heavy atom. The van der Waals surface area contributed by atoms with E-state index in [1.165, 1.54) is 0 Å². The third-order valence-electron chi connectivity index (χ3n) is 4.06. The Balaban J connectivity index is 1.77. The van der Waals surface area contributed by atoms with Gasteiger partial charge in [-0.25, -0.2) is 0 Å². The molecule has 5 heteroatoms. The topological polar surface area (TPSA) is 40.6 Å². The van der Waals surface area contributed by atoms with Crippen LogP contribution in [0.1, 0.15) is 19.3 Å². The molecule has 2 aliphatic rings. The molecule has 1 aromatic rings. The quantitative estimate of drug-likeness (QED) is 0.858. The first kappa shape index (κ1) is 13.4. The second kappa shape index (κ2) is 5.09. The summed E-state index contributed by atoms with van der Waals surface area (Å²) >= 11 is 6.15.